The predicted molar refractivity (Wildman–Crippen MR) is 57.2 cm³/mol. The van der Waals surface area contributed by atoms with Crippen LogP contribution in [0.5, 0.6) is 0 Å². The number of benzene rings is 1. The van der Waals surface area contributed by atoms with Gasteiger partial charge in [-0.3, -0.25) is 4.79 Å². The van der Waals surface area contributed by atoms with Crippen LogP contribution < -0.4 is 5.32 Å². The van der Waals surface area contributed by atoms with Crippen LogP contribution in [0.2, 0.25) is 5.02 Å². The number of amides is 1. The lowest BCUT2D eigenvalue weighted by atomic mass is 10.2. The Morgan fingerprint density at radius 3 is 2.93 bits per heavy atom. The Hall–Kier alpha value is -1.64. The molecule has 78 valence electrons. The molecule has 0 unspecified atom stereocenters. The molecule has 0 radical (unpaired) electrons. The van der Waals surface area contributed by atoms with Gasteiger partial charge >= 0.3 is 0 Å². The predicted octanol–water partition coefficient (Wildman–Crippen LogP) is 2.06. The van der Waals surface area contributed by atoms with Crippen molar-refractivity contribution in [1.29, 1.82) is 0 Å². The van der Waals surface area contributed by atoms with Gasteiger partial charge in [0.2, 0.25) is 6.08 Å². The molecule has 0 saturated heterocycles. The summed E-state index contributed by atoms with van der Waals surface area (Å²) in [5, 5.41) is 2.93. The van der Waals surface area contributed by atoms with Crippen LogP contribution in [-0.2, 0) is 4.79 Å². The van der Waals surface area contributed by atoms with Crippen molar-refractivity contribution in [2.24, 2.45) is 4.99 Å². The van der Waals surface area contributed by atoms with Gasteiger partial charge in [0.05, 0.1) is 16.3 Å². The van der Waals surface area contributed by atoms with Crippen LogP contribution in [0.4, 0.5) is 5.69 Å². The molecule has 0 heterocycles. The van der Waals surface area contributed by atoms with Crippen molar-refractivity contribution < 1.29 is 9.59 Å². The number of carbonyl (C=O) groups is 1. The first-order chi connectivity index (χ1) is 7.19. The van der Waals surface area contributed by atoms with Crippen molar-refractivity contribution in [3.63, 3.8) is 0 Å². The lowest BCUT2D eigenvalue weighted by molar-refractivity contribution is 0.0956. The average Bonchev–Trinajstić information content (AvgIpc) is 2.21. The Morgan fingerprint density at radius 1 is 1.60 bits per heavy atom. The standard InChI is InChI=1S/C10H9ClN2O2/c1-2-12-10(15)8-5-7(13-6-14)3-4-9(8)11/h3-5H,2H2,1H3,(H,12,15). The third-order valence-electron chi connectivity index (χ3n) is 1.71. The van der Waals surface area contributed by atoms with Gasteiger partial charge in [0.1, 0.15) is 0 Å². The number of hydrogen-bond donors (Lipinski definition) is 1. The Balaban J connectivity index is 3.10. The first kappa shape index (κ1) is 11.4. The molecule has 4 nitrogen and oxygen atoms in total. The van der Waals surface area contributed by atoms with Gasteiger partial charge in [0.25, 0.3) is 5.91 Å². The second kappa shape index (κ2) is 5.29. The first-order valence-corrected chi connectivity index (χ1v) is 4.72. The van der Waals surface area contributed by atoms with Crippen molar-refractivity contribution in [3.05, 3.63) is 28.8 Å². The van der Waals surface area contributed by atoms with Crippen molar-refractivity contribution in [1.82, 2.24) is 5.32 Å². The molecule has 1 aromatic rings. The number of nitrogens with one attached hydrogen (secondary N) is 1. The topological polar surface area (TPSA) is 58.5 Å². The third-order valence-corrected chi connectivity index (χ3v) is 2.04. The van der Waals surface area contributed by atoms with E-state index in [9.17, 15) is 9.59 Å². The molecule has 15 heavy (non-hydrogen) atoms. The number of nitrogens with zero attached hydrogens (tertiary/aromatic N) is 1. The summed E-state index contributed by atoms with van der Waals surface area (Å²) in [5.74, 6) is -0.287. The fourth-order valence-electron chi connectivity index (χ4n) is 1.07. The van der Waals surface area contributed by atoms with Crippen molar-refractivity contribution in [2.75, 3.05) is 6.54 Å². The van der Waals surface area contributed by atoms with Gasteiger partial charge in [-0.2, -0.15) is 4.99 Å². The molecule has 5 heteroatoms. The molecule has 0 fully saturated rings. The molecule has 1 aromatic carbocycles. The molecule has 0 spiro atoms. The SMILES string of the molecule is CCNC(=O)c1cc(N=C=O)ccc1Cl. The maximum Gasteiger partial charge on any atom is 0.252 e. The summed E-state index contributed by atoms with van der Waals surface area (Å²) in [6, 6.07) is 4.50. The molecule has 0 saturated carbocycles. The van der Waals surface area contributed by atoms with E-state index in [-0.39, 0.29) is 5.91 Å². The summed E-state index contributed by atoms with van der Waals surface area (Å²) < 4.78 is 0. The molecule has 0 aliphatic heterocycles. The number of rotatable bonds is 3. The van der Waals surface area contributed by atoms with Gasteiger partial charge in [-0.05, 0) is 25.1 Å². The normalized spacial score (nSPS) is 9.20. The van der Waals surface area contributed by atoms with Crippen LogP contribution in [0, 0.1) is 0 Å². The van der Waals surface area contributed by atoms with E-state index in [1.54, 1.807) is 6.92 Å². The Bertz CT molecular complexity index is 425. The monoisotopic (exact) mass is 224 g/mol. The molecule has 1 rings (SSSR count). The summed E-state index contributed by atoms with van der Waals surface area (Å²) >= 11 is 5.83. The number of halogens is 1. The van der Waals surface area contributed by atoms with Gasteiger partial charge in [0.15, 0.2) is 0 Å². The average molecular weight is 225 g/mol. The van der Waals surface area contributed by atoms with E-state index in [0.29, 0.717) is 22.8 Å². The Kier molecular flexibility index (Phi) is 4.03. The maximum atomic E-state index is 11.5. The van der Waals surface area contributed by atoms with E-state index in [4.69, 9.17) is 11.6 Å². The van der Waals surface area contributed by atoms with Gasteiger partial charge in [-0.15, -0.1) is 0 Å². The van der Waals surface area contributed by atoms with Crippen LogP contribution in [0.25, 0.3) is 0 Å². The highest BCUT2D eigenvalue weighted by Gasteiger charge is 2.09. The summed E-state index contributed by atoms with van der Waals surface area (Å²) in [5.41, 5.74) is 0.658. The fourth-order valence-corrected chi connectivity index (χ4v) is 1.27. The lowest BCUT2D eigenvalue weighted by Crippen LogP contribution is -2.22. The highest BCUT2D eigenvalue weighted by Crippen LogP contribution is 2.21. The van der Waals surface area contributed by atoms with Crippen LogP contribution in [-0.4, -0.2) is 18.5 Å². The largest absolute Gasteiger partial charge is 0.352 e. The van der Waals surface area contributed by atoms with Gasteiger partial charge in [-0.25, -0.2) is 4.79 Å². The highest BCUT2D eigenvalue weighted by atomic mass is 35.5. The molecule has 0 aliphatic carbocycles. The Labute approximate surface area is 92.0 Å². The van der Waals surface area contributed by atoms with E-state index in [2.05, 4.69) is 10.3 Å². The first-order valence-electron chi connectivity index (χ1n) is 4.34. The minimum Gasteiger partial charge on any atom is -0.352 e. The molecule has 0 aliphatic rings. The van der Waals surface area contributed by atoms with Crippen molar-refractivity contribution >= 4 is 29.3 Å². The zero-order chi connectivity index (χ0) is 11.3. The number of isocyanates is 1. The maximum absolute atomic E-state index is 11.5. The Morgan fingerprint density at radius 2 is 2.33 bits per heavy atom. The minimum atomic E-state index is -0.287. The van der Waals surface area contributed by atoms with E-state index < -0.39 is 0 Å². The smallest absolute Gasteiger partial charge is 0.252 e. The molecule has 0 aromatic heterocycles. The van der Waals surface area contributed by atoms with Crippen LogP contribution in [0.15, 0.2) is 23.2 Å². The summed E-state index contributed by atoms with van der Waals surface area (Å²) in [6.07, 6.45) is 1.40. The molecule has 0 bridgehead atoms. The van der Waals surface area contributed by atoms with E-state index in [0.717, 1.165) is 0 Å². The number of hydrogen-bond acceptors (Lipinski definition) is 3. The zero-order valence-electron chi connectivity index (χ0n) is 8.08. The number of carbonyl (C=O) groups excluding carboxylic acids is 2. The van der Waals surface area contributed by atoms with E-state index >= 15 is 0 Å². The summed E-state index contributed by atoms with van der Waals surface area (Å²) in [7, 11) is 0. The molecule has 0 atom stereocenters. The minimum absolute atomic E-state index is 0.287. The highest BCUT2D eigenvalue weighted by molar-refractivity contribution is 6.34. The lowest BCUT2D eigenvalue weighted by Gasteiger charge is -2.04. The second-order valence-electron chi connectivity index (χ2n) is 2.73. The van der Waals surface area contributed by atoms with E-state index in [1.165, 1.54) is 24.3 Å². The van der Waals surface area contributed by atoms with Crippen molar-refractivity contribution in [3.8, 4) is 0 Å². The van der Waals surface area contributed by atoms with Crippen LogP contribution >= 0.6 is 11.6 Å². The van der Waals surface area contributed by atoms with Gasteiger partial charge < -0.3 is 5.32 Å². The van der Waals surface area contributed by atoms with Gasteiger partial charge in [0, 0.05) is 6.54 Å². The molecular formula is C10H9ClN2O2. The molecule has 1 amide bonds. The second-order valence-corrected chi connectivity index (χ2v) is 3.13. The van der Waals surface area contributed by atoms with Crippen molar-refractivity contribution in [2.45, 2.75) is 6.92 Å². The van der Waals surface area contributed by atoms with Crippen LogP contribution in [0.3, 0.4) is 0 Å². The third kappa shape index (κ3) is 2.91. The molecule has 1 N–H and O–H groups in total. The zero-order valence-corrected chi connectivity index (χ0v) is 8.84. The quantitative estimate of drug-likeness (QED) is 0.631. The van der Waals surface area contributed by atoms with E-state index in [1.807, 2.05) is 0 Å². The fraction of sp³-hybridized carbons (Fsp3) is 0.200. The summed E-state index contributed by atoms with van der Waals surface area (Å²) in [6.45, 7) is 2.32. The summed E-state index contributed by atoms with van der Waals surface area (Å²) in [4.78, 5) is 24.9. The number of aliphatic imine (C=N–C) groups is 1. The van der Waals surface area contributed by atoms with Gasteiger partial charge in [-0.1, -0.05) is 11.6 Å². The molecular weight excluding hydrogens is 216 g/mol. The van der Waals surface area contributed by atoms with Crippen LogP contribution in [0.1, 0.15) is 17.3 Å².